The third-order valence-corrected chi connectivity index (χ3v) is 3.10. The number of benzene rings is 1. The van der Waals surface area contributed by atoms with Crippen molar-refractivity contribution >= 4 is 11.9 Å². The third kappa shape index (κ3) is 6.79. The first kappa shape index (κ1) is 17.0. The van der Waals surface area contributed by atoms with Crippen molar-refractivity contribution in [2.75, 3.05) is 6.61 Å². The first-order valence-electron chi connectivity index (χ1n) is 7.24. The number of hydrogen-bond donors (Lipinski definition) is 2. The Morgan fingerprint density at radius 3 is 2.52 bits per heavy atom. The van der Waals surface area contributed by atoms with Crippen LogP contribution in [0.15, 0.2) is 24.3 Å². The molecule has 0 bridgehead atoms. The first-order valence-corrected chi connectivity index (χ1v) is 7.24. The maximum Gasteiger partial charge on any atom is 0.326 e. The van der Waals surface area contributed by atoms with E-state index in [1.54, 1.807) is 0 Å². The van der Waals surface area contributed by atoms with Gasteiger partial charge < -0.3 is 15.2 Å². The number of carboxylic acids is 1. The molecule has 5 nitrogen and oxygen atoms in total. The number of aliphatic carboxylic acids is 1. The van der Waals surface area contributed by atoms with Gasteiger partial charge in [-0.15, -0.1) is 0 Å². The number of nitrogens with one attached hydrogen (secondary N) is 1. The van der Waals surface area contributed by atoms with Crippen molar-refractivity contribution in [3.05, 3.63) is 29.8 Å². The molecule has 0 radical (unpaired) electrons. The van der Waals surface area contributed by atoms with E-state index >= 15 is 0 Å². The molecular formula is C16H23NO4. The monoisotopic (exact) mass is 293 g/mol. The molecule has 1 aromatic rings. The quantitative estimate of drug-likeness (QED) is 0.733. The predicted octanol–water partition coefficient (Wildman–Crippen LogP) is 2.52. The molecule has 21 heavy (non-hydrogen) atoms. The highest BCUT2D eigenvalue weighted by atomic mass is 16.5. The lowest BCUT2D eigenvalue weighted by atomic mass is 10.1. The second-order valence-corrected chi connectivity index (χ2v) is 5.01. The molecule has 116 valence electrons. The average molecular weight is 293 g/mol. The molecule has 0 spiro atoms. The van der Waals surface area contributed by atoms with E-state index < -0.39 is 12.0 Å². The minimum atomic E-state index is -0.990. The molecule has 1 rings (SSSR count). The number of carbonyl (C=O) groups excluding carboxylic acids is 1. The molecule has 2 N–H and O–H groups in total. The van der Waals surface area contributed by atoms with E-state index in [2.05, 4.69) is 5.32 Å². The van der Waals surface area contributed by atoms with E-state index in [0.717, 1.165) is 18.4 Å². The Morgan fingerprint density at radius 1 is 1.29 bits per heavy atom. The lowest BCUT2D eigenvalue weighted by Gasteiger charge is -2.14. The molecule has 0 aliphatic carbocycles. The molecule has 1 unspecified atom stereocenters. The molecule has 0 aliphatic rings. The van der Waals surface area contributed by atoms with Crippen LogP contribution in [0.4, 0.5) is 0 Å². The molecule has 0 aliphatic heterocycles. The third-order valence-electron chi connectivity index (χ3n) is 3.10. The minimum Gasteiger partial charge on any atom is -0.493 e. The van der Waals surface area contributed by atoms with E-state index in [4.69, 9.17) is 9.84 Å². The lowest BCUT2D eigenvalue weighted by molar-refractivity contribution is -0.142. The molecule has 1 aromatic carbocycles. The average Bonchev–Trinajstić information content (AvgIpc) is 2.45. The van der Waals surface area contributed by atoms with Gasteiger partial charge >= 0.3 is 5.97 Å². The fourth-order valence-electron chi connectivity index (χ4n) is 1.83. The second-order valence-electron chi connectivity index (χ2n) is 5.01. The Labute approximate surface area is 125 Å². The smallest absolute Gasteiger partial charge is 0.326 e. The molecule has 1 amide bonds. The van der Waals surface area contributed by atoms with Crippen molar-refractivity contribution in [2.24, 2.45) is 0 Å². The number of aryl methyl sites for hydroxylation is 1. The summed E-state index contributed by atoms with van der Waals surface area (Å²) < 4.78 is 5.45. The van der Waals surface area contributed by atoms with E-state index in [-0.39, 0.29) is 18.9 Å². The normalized spacial score (nSPS) is 11.7. The van der Waals surface area contributed by atoms with Gasteiger partial charge in [0.15, 0.2) is 0 Å². The summed E-state index contributed by atoms with van der Waals surface area (Å²) in [6.07, 6.45) is 2.27. The molecular weight excluding hydrogens is 270 g/mol. The SMILES string of the molecule is CCCCC(NC(=O)CCOc1ccc(C)cc1)C(=O)O. The summed E-state index contributed by atoms with van der Waals surface area (Å²) in [7, 11) is 0. The highest BCUT2D eigenvalue weighted by molar-refractivity contribution is 5.83. The Hall–Kier alpha value is -2.04. The van der Waals surface area contributed by atoms with Gasteiger partial charge in [0.1, 0.15) is 11.8 Å². The van der Waals surface area contributed by atoms with Crippen LogP contribution in [0.2, 0.25) is 0 Å². The Kier molecular flexibility index (Phi) is 7.29. The van der Waals surface area contributed by atoms with Gasteiger partial charge in [0.2, 0.25) is 5.91 Å². The Morgan fingerprint density at radius 2 is 1.95 bits per heavy atom. The van der Waals surface area contributed by atoms with Crippen molar-refractivity contribution in [3.8, 4) is 5.75 Å². The molecule has 0 saturated carbocycles. The van der Waals surface area contributed by atoms with E-state index in [0.29, 0.717) is 12.2 Å². The van der Waals surface area contributed by atoms with Crippen LogP contribution < -0.4 is 10.1 Å². The van der Waals surface area contributed by atoms with Crippen molar-refractivity contribution in [2.45, 2.75) is 45.6 Å². The Bertz CT molecular complexity index is 456. The first-order chi connectivity index (χ1) is 10.0. The Balaban J connectivity index is 2.32. The van der Waals surface area contributed by atoms with Crippen LogP contribution in [0.5, 0.6) is 5.75 Å². The standard InChI is InChI=1S/C16H23NO4/c1-3-4-5-14(16(19)20)17-15(18)10-11-21-13-8-6-12(2)7-9-13/h6-9,14H,3-5,10-11H2,1-2H3,(H,17,18)(H,19,20). The van der Waals surface area contributed by atoms with Crippen LogP contribution in [0.1, 0.15) is 38.2 Å². The molecule has 0 saturated heterocycles. The summed E-state index contributed by atoms with van der Waals surface area (Å²) in [6.45, 7) is 4.20. The lowest BCUT2D eigenvalue weighted by Crippen LogP contribution is -2.41. The maximum atomic E-state index is 11.7. The van der Waals surface area contributed by atoms with Gasteiger partial charge in [-0.3, -0.25) is 4.79 Å². The summed E-state index contributed by atoms with van der Waals surface area (Å²) in [4.78, 5) is 22.7. The van der Waals surface area contributed by atoms with Crippen LogP contribution in [-0.2, 0) is 9.59 Å². The number of unbranched alkanes of at least 4 members (excludes halogenated alkanes) is 1. The molecule has 0 heterocycles. The number of hydrogen-bond acceptors (Lipinski definition) is 3. The van der Waals surface area contributed by atoms with E-state index in [1.807, 2.05) is 38.1 Å². The van der Waals surface area contributed by atoms with Gasteiger partial charge in [0.05, 0.1) is 13.0 Å². The van der Waals surface area contributed by atoms with Gasteiger partial charge in [-0.25, -0.2) is 4.79 Å². The highest BCUT2D eigenvalue weighted by Gasteiger charge is 2.18. The van der Waals surface area contributed by atoms with Crippen molar-refractivity contribution in [1.29, 1.82) is 0 Å². The number of ether oxygens (including phenoxy) is 1. The summed E-state index contributed by atoms with van der Waals surface area (Å²) in [6, 6.07) is 6.74. The van der Waals surface area contributed by atoms with Gasteiger partial charge in [-0.2, -0.15) is 0 Å². The van der Waals surface area contributed by atoms with Crippen LogP contribution in [0.25, 0.3) is 0 Å². The molecule has 0 fully saturated rings. The van der Waals surface area contributed by atoms with E-state index in [1.165, 1.54) is 0 Å². The zero-order valence-electron chi connectivity index (χ0n) is 12.6. The predicted molar refractivity (Wildman–Crippen MR) is 80.4 cm³/mol. The highest BCUT2D eigenvalue weighted by Crippen LogP contribution is 2.11. The zero-order valence-corrected chi connectivity index (χ0v) is 12.6. The second kappa shape index (κ2) is 9.00. The largest absolute Gasteiger partial charge is 0.493 e. The maximum absolute atomic E-state index is 11.7. The van der Waals surface area contributed by atoms with Crippen LogP contribution in [0, 0.1) is 6.92 Å². The van der Waals surface area contributed by atoms with Gasteiger partial charge in [-0.1, -0.05) is 37.5 Å². The van der Waals surface area contributed by atoms with Crippen molar-refractivity contribution < 1.29 is 19.4 Å². The number of carboxylic acid groups (broad SMARTS) is 1. The minimum absolute atomic E-state index is 0.143. The zero-order chi connectivity index (χ0) is 15.7. The van der Waals surface area contributed by atoms with Gasteiger partial charge in [-0.05, 0) is 25.5 Å². The van der Waals surface area contributed by atoms with Crippen LogP contribution >= 0.6 is 0 Å². The molecule has 1 atom stereocenters. The van der Waals surface area contributed by atoms with Gasteiger partial charge in [0.25, 0.3) is 0 Å². The topological polar surface area (TPSA) is 75.6 Å². The van der Waals surface area contributed by atoms with E-state index in [9.17, 15) is 9.59 Å². The number of rotatable bonds is 9. The summed E-state index contributed by atoms with van der Waals surface area (Å²) in [5.41, 5.74) is 1.14. The fourth-order valence-corrected chi connectivity index (χ4v) is 1.83. The number of carbonyl (C=O) groups is 2. The van der Waals surface area contributed by atoms with Crippen molar-refractivity contribution in [3.63, 3.8) is 0 Å². The summed E-state index contributed by atoms with van der Waals surface area (Å²) in [5.74, 6) is -0.587. The fraction of sp³-hybridized carbons (Fsp3) is 0.500. The number of amides is 1. The van der Waals surface area contributed by atoms with Crippen LogP contribution in [-0.4, -0.2) is 29.6 Å². The summed E-state index contributed by atoms with van der Waals surface area (Å²) in [5, 5.41) is 11.6. The molecule has 5 heteroatoms. The van der Waals surface area contributed by atoms with Gasteiger partial charge in [0, 0.05) is 0 Å². The van der Waals surface area contributed by atoms with Crippen LogP contribution in [0.3, 0.4) is 0 Å². The summed E-state index contributed by atoms with van der Waals surface area (Å²) >= 11 is 0. The molecule has 0 aromatic heterocycles. The van der Waals surface area contributed by atoms with Crippen molar-refractivity contribution in [1.82, 2.24) is 5.32 Å².